The van der Waals surface area contributed by atoms with Crippen molar-refractivity contribution in [2.75, 3.05) is 5.32 Å². The lowest BCUT2D eigenvalue weighted by molar-refractivity contribution is -0.137. The number of amides is 1. The fraction of sp³-hybridized carbons (Fsp3) is 0.286. The second-order valence-electron chi connectivity index (χ2n) is 4.40. The van der Waals surface area contributed by atoms with Crippen LogP contribution in [0.1, 0.15) is 29.3 Å². The Kier molecular flexibility index (Phi) is 4.62. The zero-order chi connectivity index (χ0) is 15.5. The number of nitrogens with one attached hydrogen (secondary N) is 1. The first-order valence-corrected chi connectivity index (χ1v) is 7.11. The minimum Gasteiger partial charge on any atom is -0.302 e. The van der Waals surface area contributed by atoms with E-state index in [1.807, 2.05) is 0 Å². The van der Waals surface area contributed by atoms with Crippen molar-refractivity contribution >= 4 is 22.4 Å². The molecular weight excluding hydrogens is 301 g/mol. The fourth-order valence-electron chi connectivity index (χ4n) is 1.67. The number of benzene rings is 1. The minimum absolute atomic E-state index is 0.120. The fourth-order valence-corrected chi connectivity index (χ4v) is 2.53. The van der Waals surface area contributed by atoms with Crippen molar-refractivity contribution in [2.45, 2.75) is 25.9 Å². The normalized spacial score (nSPS) is 11.4. The number of anilines is 1. The number of alkyl halides is 3. The van der Waals surface area contributed by atoms with E-state index in [1.165, 1.54) is 23.5 Å². The van der Waals surface area contributed by atoms with Gasteiger partial charge in [0.15, 0.2) is 5.13 Å². The summed E-state index contributed by atoms with van der Waals surface area (Å²) < 4.78 is 37.4. The Morgan fingerprint density at radius 1 is 1.29 bits per heavy atom. The van der Waals surface area contributed by atoms with Crippen LogP contribution in [0.2, 0.25) is 0 Å². The number of hydrogen-bond acceptors (Lipinski definition) is 3. The second-order valence-corrected chi connectivity index (χ2v) is 5.52. The van der Waals surface area contributed by atoms with Gasteiger partial charge in [-0.2, -0.15) is 13.2 Å². The molecule has 0 bridgehead atoms. The lowest BCUT2D eigenvalue weighted by Crippen LogP contribution is -2.08. The SMILES string of the molecule is CCC(=O)Nc1ncc(Cc2ccc(C(F)(F)F)cc2)s1. The number of halogens is 3. The van der Waals surface area contributed by atoms with Crippen molar-refractivity contribution in [3.63, 3.8) is 0 Å². The zero-order valence-corrected chi connectivity index (χ0v) is 12.0. The summed E-state index contributed by atoms with van der Waals surface area (Å²) >= 11 is 1.32. The molecule has 2 rings (SSSR count). The molecule has 0 saturated carbocycles. The number of rotatable bonds is 4. The molecule has 1 aromatic heterocycles. The molecule has 21 heavy (non-hydrogen) atoms. The van der Waals surface area contributed by atoms with E-state index in [9.17, 15) is 18.0 Å². The maximum Gasteiger partial charge on any atom is 0.416 e. The first kappa shape index (κ1) is 15.5. The number of hydrogen-bond donors (Lipinski definition) is 1. The van der Waals surface area contributed by atoms with Crippen LogP contribution in [0.15, 0.2) is 30.5 Å². The average molecular weight is 314 g/mol. The first-order valence-electron chi connectivity index (χ1n) is 6.29. The molecule has 0 aliphatic heterocycles. The number of carbonyl (C=O) groups excluding carboxylic acids is 1. The Hall–Kier alpha value is -1.89. The van der Waals surface area contributed by atoms with E-state index >= 15 is 0 Å². The van der Waals surface area contributed by atoms with Crippen molar-refractivity contribution in [1.29, 1.82) is 0 Å². The van der Waals surface area contributed by atoms with Crippen LogP contribution in [0, 0.1) is 0 Å². The summed E-state index contributed by atoms with van der Waals surface area (Å²) in [6.45, 7) is 1.74. The van der Waals surface area contributed by atoms with E-state index in [0.717, 1.165) is 22.6 Å². The largest absolute Gasteiger partial charge is 0.416 e. The smallest absolute Gasteiger partial charge is 0.302 e. The van der Waals surface area contributed by atoms with Crippen LogP contribution in [-0.2, 0) is 17.4 Å². The predicted molar refractivity (Wildman–Crippen MR) is 75.3 cm³/mol. The summed E-state index contributed by atoms with van der Waals surface area (Å²) in [7, 11) is 0. The van der Waals surface area contributed by atoms with Gasteiger partial charge in [0, 0.05) is 23.9 Å². The van der Waals surface area contributed by atoms with Crippen molar-refractivity contribution in [1.82, 2.24) is 4.98 Å². The van der Waals surface area contributed by atoms with Crippen LogP contribution in [0.25, 0.3) is 0 Å². The predicted octanol–water partition coefficient (Wildman–Crippen LogP) is 4.10. The molecule has 1 amide bonds. The summed E-state index contributed by atoms with van der Waals surface area (Å²) in [5.41, 5.74) is 0.103. The molecule has 7 heteroatoms. The van der Waals surface area contributed by atoms with Gasteiger partial charge in [-0.25, -0.2) is 4.98 Å². The van der Waals surface area contributed by atoms with Crippen molar-refractivity contribution in [3.05, 3.63) is 46.5 Å². The molecule has 0 radical (unpaired) electrons. The van der Waals surface area contributed by atoms with Crippen LogP contribution in [-0.4, -0.2) is 10.9 Å². The Balaban J connectivity index is 2.03. The van der Waals surface area contributed by atoms with E-state index < -0.39 is 11.7 Å². The van der Waals surface area contributed by atoms with Gasteiger partial charge in [0.1, 0.15) is 0 Å². The van der Waals surface area contributed by atoms with E-state index in [-0.39, 0.29) is 5.91 Å². The third-order valence-electron chi connectivity index (χ3n) is 2.78. The Morgan fingerprint density at radius 3 is 2.52 bits per heavy atom. The van der Waals surface area contributed by atoms with E-state index in [0.29, 0.717) is 18.0 Å². The third-order valence-corrected chi connectivity index (χ3v) is 3.69. The third kappa shape index (κ3) is 4.29. The van der Waals surface area contributed by atoms with Crippen LogP contribution >= 0.6 is 11.3 Å². The van der Waals surface area contributed by atoms with Crippen molar-refractivity contribution in [2.24, 2.45) is 0 Å². The summed E-state index contributed by atoms with van der Waals surface area (Å²) in [6, 6.07) is 5.03. The highest BCUT2D eigenvalue weighted by atomic mass is 32.1. The van der Waals surface area contributed by atoms with Gasteiger partial charge >= 0.3 is 6.18 Å². The van der Waals surface area contributed by atoms with Gasteiger partial charge in [0.25, 0.3) is 0 Å². The molecule has 1 aromatic carbocycles. The maximum atomic E-state index is 12.5. The molecule has 0 unspecified atom stereocenters. The molecule has 0 fully saturated rings. The molecule has 1 N–H and O–H groups in total. The lowest BCUT2D eigenvalue weighted by atomic mass is 10.1. The number of aromatic nitrogens is 1. The van der Waals surface area contributed by atoms with E-state index in [4.69, 9.17) is 0 Å². The summed E-state index contributed by atoms with van der Waals surface area (Å²) in [4.78, 5) is 16.2. The standard InChI is InChI=1S/C14H13F3N2OS/c1-2-12(20)19-13-18-8-11(21-13)7-9-3-5-10(6-4-9)14(15,16)17/h3-6,8H,2,7H2,1H3,(H,18,19,20). The Labute approximate surface area is 123 Å². The molecule has 0 aliphatic carbocycles. The Bertz CT molecular complexity index is 620. The van der Waals surface area contributed by atoms with Crippen LogP contribution < -0.4 is 5.32 Å². The molecule has 0 saturated heterocycles. The van der Waals surface area contributed by atoms with E-state index in [1.54, 1.807) is 13.1 Å². The molecular formula is C14H13F3N2OS. The quantitative estimate of drug-likeness (QED) is 0.923. The van der Waals surface area contributed by atoms with Crippen LogP contribution in [0.4, 0.5) is 18.3 Å². The van der Waals surface area contributed by atoms with Gasteiger partial charge < -0.3 is 5.32 Å². The molecule has 0 aliphatic rings. The number of nitrogens with zero attached hydrogens (tertiary/aromatic N) is 1. The molecule has 112 valence electrons. The van der Waals surface area contributed by atoms with Crippen LogP contribution in [0.3, 0.4) is 0 Å². The second kappa shape index (κ2) is 6.26. The first-order chi connectivity index (χ1) is 9.88. The maximum absolute atomic E-state index is 12.5. The van der Waals surface area contributed by atoms with Crippen LogP contribution in [0.5, 0.6) is 0 Å². The van der Waals surface area contributed by atoms with Gasteiger partial charge in [-0.3, -0.25) is 4.79 Å². The highest BCUT2D eigenvalue weighted by Gasteiger charge is 2.29. The van der Waals surface area contributed by atoms with Gasteiger partial charge in [-0.05, 0) is 17.7 Å². The minimum atomic E-state index is -4.32. The number of thiazole rings is 1. The topological polar surface area (TPSA) is 42.0 Å². The molecule has 0 atom stereocenters. The average Bonchev–Trinajstić information content (AvgIpc) is 2.85. The summed E-state index contributed by atoms with van der Waals surface area (Å²) in [5.74, 6) is -0.120. The molecule has 3 nitrogen and oxygen atoms in total. The zero-order valence-electron chi connectivity index (χ0n) is 11.2. The van der Waals surface area contributed by atoms with Gasteiger partial charge in [0.2, 0.25) is 5.91 Å². The monoisotopic (exact) mass is 314 g/mol. The van der Waals surface area contributed by atoms with Gasteiger partial charge in [0.05, 0.1) is 5.56 Å². The molecule has 2 aromatic rings. The van der Waals surface area contributed by atoms with Gasteiger partial charge in [-0.1, -0.05) is 19.1 Å². The highest BCUT2D eigenvalue weighted by molar-refractivity contribution is 7.15. The highest BCUT2D eigenvalue weighted by Crippen LogP contribution is 2.29. The van der Waals surface area contributed by atoms with Crippen molar-refractivity contribution < 1.29 is 18.0 Å². The molecule has 1 heterocycles. The summed E-state index contributed by atoms with van der Waals surface area (Å²) in [5, 5.41) is 3.15. The number of carbonyl (C=O) groups is 1. The molecule has 0 spiro atoms. The lowest BCUT2D eigenvalue weighted by Gasteiger charge is -2.06. The van der Waals surface area contributed by atoms with Crippen molar-refractivity contribution in [3.8, 4) is 0 Å². The van der Waals surface area contributed by atoms with Gasteiger partial charge in [-0.15, -0.1) is 11.3 Å². The Morgan fingerprint density at radius 2 is 1.95 bits per heavy atom. The summed E-state index contributed by atoms with van der Waals surface area (Å²) in [6.07, 6.45) is -1.85. The van der Waals surface area contributed by atoms with E-state index in [2.05, 4.69) is 10.3 Å².